The third kappa shape index (κ3) is 12.1. The number of hydrogen-bond acceptors (Lipinski definition) is 27. The average molecular weight is 1210 g/mol. The molecular formula is C57H96O27. The summed E-state index contributed by atoms with van der Waals surface area (Å²) in [6.07, 6.45) is -30.0. The van der Waals surface area contributed by atoms with Gasteiger partial charge in [0.15, 0.2) is 37.2 Å². The Bertz CT molecular complexity index is 2140. The van der Waals surface area contributed by atoms with Gasteiger partial charge in [-0.2, -0.15) is 0 Å². The molecule has 0 bridgehead atoms. The van der Waals surface area contributed by atoms with Gasteiger partial charge in [0.2, 0.25) is 0 Å². The van der Waals surface area contributed by atoms with Gasteiger partial charge >= 0.3 is 0 Å². The zero-order valence-electron chi connectivity index (χ0n) is 48.8. The fourth-order valence-corrected chi connectivity index (χ4v) is 17.0. The lowest BCUT2D eigenvalue weighted by Gasteiger charge is -2.61. The fraction of sp³-hybridized carbons (Fsp3) is 1.00. The first-order valence-corrected chi connectivity index (χ1v) is 30.5. The highest BCUT2D eigenvalue weighted by Crippen LogP contribution is 2.71. The van der Waals surface area contributed by atoms with Crippen molar-refractivity contribution in [3.8, 4) is 0 Å². The van der Waals surface area contributed by atoms with Crippen LogP contribution in [0, 0.1) is 52.3 Å². The van der Waals surface area contributed by atoms with Crippen LogP contribution >= 0.6 is 0 Å². The summed E-state index contributed by atoms with van der Waals surface area (Å²) in [6, 6.07) is 0. The summed E-state index contributed by atoms with van der Waals surface area (Å²) in [5, 5.41) is 159. The van der Waals surface area contributed by atoms with E-state index in [2.05, 4.69) is 20.8 Å². The molecule has 0 radical (unpaired) electrons. The molecule has 6 aliphatic heterocycles. The summed E-state index contributed by atoms with van der Waals surface area (Å²) in [7, 11) is 1.71. The Morgan fingerprint density at radius 1 is 0.548 bits per heavy atom. The van der Waals surface area contributed by atoms with E-state index in [0.717, 1.165) is 38.5 Å². The Balaban J connectivity index is 0.823. The summed E-state index contributed by atoms with van der Waals surface area (Å²) in [5.74, 6) is 0.966. The molecule has 27 nitrogen and oxygen atoms in total. The van der Waals surface area contributed by atoms with Crippen molar-refractivity contribution in [3.63, 3.8) is 0 Å². The van der Waals surface area contributed by atoms with Crippen LogP contribution in [0.1, 0.15) is 98.8 Å². The van der Waals surface area contributed by atoms with Gasteiger partial charge in [-0.15, -0.1) is 0 Å². The van der Waals surface area contributed by atoms with Gasteiger partial charge in [0, 0.05) is 19.4 Å². The second kappa shape index (κ2) is 26.3. The van der Waals surface area contributed by atoms with Crippen LogP contribution in [0.3, 0.4) is 0 Å². The lowest BCUT2D eigenvalue weighted by atomic mass is 9.44. The molecule has 486 valence electrons. The predicted molar refractivity (Wildman–Crippen MR) is 282 cm³/mol. The maximum Gasteiger partial charge on any atom is 0.187 e. The number of ether oxygens (including phenoxy) is 12. The molecule has 0 aromatic carbocycles. The molecule has 27 heteroatoms. The monoisotopic (exact) mass is 1210 g/mol. The van der Waals surface area contributed by atoms with Crippen LogP contribution < -0.4 is 0 Å². The Morgan fingerprint density at radius 3 is 1.81 bits per heavy atom. The zero-order chi connectivity index (χ0) is 60.6. The molecular weight excluding hydrogens is 1120 g/mol. The van der Waals surface area contributed by atoms with Crippen LogP contribution in [0.4, 0.5) is 0 Å². The highest BCUT2D eigenvalue weighted by atomic mass is 16.8. The molecule has 6 heterocycles. The van der Waals surface area contributed by atoms with E-state index in [9.17, 15) is 76.6 Å². The molecule has 10 rings (SSSR count). The van der Waals surface area contributed by atoms with Crippen molar-refractivity contribution < 1.29 is 133 Å². The zero-order valence-corrected chi connectivity index (χ0v) is 48.8. The third-order valence-electron chi connectivity index (χ3n) is 22.1. The van der Waals surface area contributed by atoms with Crippen LogP contribution in [0.15, 0.2) is 0 Å². The molecule has 0 aromatic rings. The van der Waals surface area contributed by atoms with Gasteiger partial charge in [0.1, 0.15) is 110 Å². The van der Waals surface area contributed by atoms with Crippen LogP contribution in [0.5, 0.6) is 0 Å². The van der Waals surface area contributed by atoms with E-state index in [1.807, 2.05) is 6.92 Å². The largest absolute Gasteiger partial charge is 0.394 e. The first kappa shape index (κ1) is 65.9. The molecule has 0 unspecified atom stereocenters. The molecule has 0 aromatic heterocycles. The van der Waals surface area contributed by atoms with Crippen molar-refractivity contribution in [2.45, 2.75) is 264 Å². The van der Waals surface area contributed by atoms with Gasteiger partial charge in [0.05, 0.1) is 51.3 Å². The average Bonchev–Trinajstić information content (AvgIpc) is 1.52. The van der Waals surface area contributed by atoms with Crippen molar-refractivity contribution in [2.24, 2.45) is 52.3 Å². The minimum atomic E-state index is -1.91. The van der Waals surface area contributed by atoms with E-state index in [1.54, 1.807) is 7.11 Å². The number of fused-ring (bicyclic) bond motifs is 7. The Morgan fingerprint density at radius 2 is 1.14 bits per heavy atom. The van der Waals surface area contributed by atoms with E-state index in [-0.39, 0.29) is 47.2 Å². The minimum absolute atomic E-state index is 0.00434. The van der Waals surface area contributed by atoms with Gasteiger partial charge in [0.25, 0.3) is 0 Å². The van der Waals surface area contributed by atoms with Crippen molar-refractivity contribution in [2.75, 3.05) is 40.1 Å². The minimum Gasteiger partial charge on any atom is -0.394 e. The van der Waals surface area contributed by atoms with Crippen molar-refractivity contribution in [3.05, 3.63) is 0 Å². The summed E-state index contributed by atoms with van der Waals surface area (Å²) < 4.78 is 73.8. The summed E-state index contributed by atoms with van der Waals surface area (Å²) in [5.41, 5.74) is -0.0749. The van der Waals surface area contributed by atoms with E-state index in [0.29, 0.717) is 43.4 Å². The topological polar surface area (TPSA) is 414 Å². The fourth-order valence-electron chi connectivity index (χ4n) is 17.0. The van der Waals surface area contributed by atoms with Crippen LogP contribution in [0.25, 0.3) is 0 Å². The smallest absolute Gasteiger partial charge is 0.187 e. The molecule has 6 saturated heterocycles. The summed E-state index contributed by atoms with van der Waals surface area (Å²) >= 11 is 0. The molecule has 4 aliphatic carbocycles. The quantitative estimate of drug-likeness (QED) is 0.0585. The molecule has 15 N–H and O–H groups in total. The predicted octanol–water partition coefficient (Wildman–Crippen LogP) is -3.81. The first-order valence-electron chi connectivity index (χ1n) is 30.5. The van der Waals surface area contributed by atoms with E-state index in [1.165, 1.54) is 6.92 Å². The van der Waals surface area contributed by atoms with Crippen molar-refractivity contribution >= 4 is 0 Å². The number of rotatable bonds is 18. The lowest BCUT2D eigenvalue weighted by molar-refractivity contribution is -0.392. The first-order chi connectivity index (χ1) is 39.8. The standard InChI is InChI=1S/C57H96O27/c1-22(19-74-51-45(70)41(66)38(63)32(17-58)79-51)9-14-57(73-6)23(2)35-31(84-57)16-29-27-8-7-25-15-26(10-12-55(25,4)28(27)11-13-56(29,35)5)78-54-49(83-53-46(71)42(67)39(64)33(18-59)80-53)47(72)48(82-52-43(68)37(62)30(60)20-75-52)34(81-54)21-76-50-44(69)40(65)36(61)24(3)77-50/h22-54,58-72H,7-21H2,1-6H3/t22-,23-,24-,25+,26-,27+,28-,29+,30+,31-,32+,33+,34+,35-,36-,37-,38+,39+,40+,41-,42-,43+,44+,45+,46+,47-,48+,49+,50-,51+,52-,53-,54+,55-,56-,57-/m0/s1. The molecule has 10 aliphatic rings. The van der Waals surface area contributed by atoms with E-state index < -0.39 is 186 Å². The van der Waals surface area contributed by atoms with Crippen molar-refractivity contribution in [1.29, 1.82) is 0 Å². The van der Waals surface area contributed by atoms with Crippen LogP contribution in [0.2, 0.25) is 0 Å². The molecule has 0 spiro atoms. The van der Waals surface area contributed by atoms with E-state index >= 15 is 0 Å². The van der Waals surface area contributed by atoms with E-state index in [4.69, 9.17) is 56.8 Å². The van der Waals surface area contributed by atoms with Crippen molar-refractivity contribution in [1.82, 2.24) is 0 Å². The normalized spacial score (nSPS) is 55.4. The molecule has 84 heavy (non-hydrogen) atoms. The Hall–Kier alpha value is -1.08. The van der Waals surface area contributed by atoms with Gasteiger partial charge in [-0.25, -0.2) is 0 Å². The molecule has 0 amide bonds. The number of hydrogen-bond donors (Lipinski definition) is 15. The lowest BCUT2D eigenvalue weighted by Crippen LogP contribution is -2.67. The third-order valence-corrected chi connectivity index (χ3v) is 22.1. The second-order valence-electron chi connectivity index (χ2n) is 26.8. The SMILES string of the molecule is CO[C@@]1(CC[C@H](C)CO[C@@H]2O[C@H](CO)[C@@H](O)[C@H](O)[C@H]2O)O[C@H]2C[C@@H]3[C@@H]4CC[C@@H]5C[C@@H](O[C@@H]6O[C@H](CO[C@H]7O[C@@H](C)[C@H](O)[C@@H](O)[C@H]7O)[C@@H](O[C@@H]7OC[C@@H](O)[C@H](O)[C@H]7O)[C@H](O)[C@H]6O[C@@H]6O[C@H](CO)[C@@H](O)[C@H](O)[C@H]6O)CC[C@]5(C)[C@H]4CC[C@]3(C)[C@H]2[C@@H]1C. The Kier molecular flexibility index (Phi) is 20.6. The van der Waals surface area contributed by atoms with Crippen LogP contribution in [-0.2, 0) is 56.8 Å². The van der Waals surface area contributed by atoms with Gasteiger partial charge in [-0.05, 0) is 111 Å². The number of aliphatic hydroxyl groups is 15. The maximum atomic E-state index is 12.5. The van der Waals surface area contributed by atoms with Crippen LogP contribution in [-0.4, -0.2) is 282 Å². The molecule has 36 atom stereocenters. The highest BCUT2D eigenvalue weighted by Gasteiger charge is 2.69. The molecule has 4 saturated carbocycles. The Labute approximate surface area is 488 Å². The van der Waals surface area contributed by atoms with Gasteiger partial charge < -0.3 is 133 Å². The highest BCUT2D eigenvalue weighted by molar-refractivity contribution is 5.15. The second-order valence-corrected chi connectivity index (χ2v) is 26.8. The summed E-state index contributed by atoms with van der Waals surface area (Å²) in [6.45, 7) is 8.42. The van der Waals surface area contributed by atoms with Gasteiger partial charge in [-0.1, -0.05) is 27.7 Å². The summed E-state index contributed by atoms with van der Waals surface area (Å²) in [4.78, 5) is 0. The number of methoxy groups -OCH3 is 1. The number of aliphatic hydroxyl groups excluding tert-OH is 15. The molecule has 10 fully saturated rings. The maximum absolute atomic E-state index is 12.5. The van der Waals surface area contributed by atoms with Gasteiger partial charge in [-0.3, -0.25) is 0 Å².